The molecule has 6 rings (SSSR count). The molecule has 474 valence electrons. The van der Waals surface area contributed by atoms with Gasteiger partial charge < -0.3 is 38.3 Å². The van der Waals surface area contributed by atoms with Crippen LogP contribution in [0.1, 0.15) is 40.5 Å². The fourth-order valence-corrected chi connectivity index (χ4v) is 9.21. The minimum atomic E-state index is -4.34. The lowest BCUT2D eigenvalue weighted by molar-refractivity contribution is -0.153. The van der Waals surface area contributed by atoms with Crippen molar-refractivity contribution < 1.29 is 82.6 Å². The predicted octanol–water partition coefficient (Wildman–Crippen LogP) is 11.5. The van der Waals surface area contributed by atoms with Gasteiger partial charge in [-0.05, 0) is 63.0 Å². The summed E-state index contributed by atoms with van der Waals surface area (Å²) in [7, 11) is -3.48. The van der Waals surface area contributed by atoms with Gasteiger partial charge in [-0.3, -0.25) is 9.59 Å². The van der Waals surface area contributed by atoms with Crippen molar-refractivity contribution >= 4 is 37.9 Å². The quantitative estimate of drug-likeness (QED) is 0.0218. The number of carbonyl (C=O) groups excluding carboxylic acids is 2. The van der Waals surface area contributed by atoms with E-state index in [-0.39, 0.29) is 49.8 Å². The first kappa shape index (κ1) is 71.7. The summed E-state index contributed by atoms with van der Waals surface area (Å²) in [5, 5.41) is 16.4. The van der Waals surface area contributed by atoms with E-state index in [2.05, 4.69) is 69.4 Å². The molecule has 0 fully saturated rings. The van der Waals surface area contributed by atoms with Crippen LogP contribution in [0.2, 0.25) is 51.4 Å². The van der Waals surface area contributed by atoms with Crippen LogP contribution < -0.4 is 14.2 Å². The molecule has 86 heavy (non-hydrogen) atoms. The van der Waals surface area contributed by atoms with E-state index >= 15 is 0 Å². The van der Waals surface area contributed by atoms with Crippen LogP contribution >= 0.6 is 0 Å². The average Bonchev–Trinajstić information content (AvgIpc) is 4.09. The number of aromatic nitrogens is 8. The summed E-state index contributed by atoms with van der Waals surface area (Å²) in [6, 6.07) is 23.8. The zero-order chi connectivity index (χ0) is 64.3. The van der Waals surface area contributed by atoms with Gasteiger partial charge in [0, 0.05) is 82.4 Å². The lowest BCUT2D eigenvalue weighted by atomic mass is 9.95. The highest BCUT2D eigenvalue weighted by Crippen LogP contribution is 2.29. The van der Waals surface area contributed by atoms with Gasteiger partial charge in [0.15, 0.2) is 11.6 Å². The smallest absolute Gasteiger partial charge is 0.392 e. The highest BCUT2D eigenvalue weighted by molar-refractivity contribution is 7.90. The Balaban J connectivity index is 0.000000332. The van der Waals surface area contributed by atoms with Crippen molar-refractivity contribution in [1.82, 2.24) is 39.5 Å². The highest BCUT2D eigenvalue weighted by atomic mass is 32.2. The third-order valence-corrected chi connectivity index (χ3v) is 16.5. The van der Waals surface area contributed by atoms with Crippen LogP contribution in [0.5, 0.6) is 17.8 Å². The number of halogens is 6. The number of ether oxygens (including phenoxy) is 7. The van der Waals surface area contributed by atoms with Gasteiger partial charge in [0.2, 0.25) is 26.8 Å². The molecule has 0 amide bonds. The number of benzene rings is 2. The van der Waals surface area contributed by atoms with E-state index in [1.807, 2.05) is 60.7 Å². The van der Waals surface area contributed by atoms with E-state index in [4.69, 9.17) is 38.3 Å². The van der Waals surface area contributed by atoms with Crippen molar-refractivity contribution in [2.45, 2.75) is 123 Å². The molecule has 0 spiro atoms. The van der Waals surface area contributed by atoms with Crippen LogP contribution in [-0.4, -0.2) is 154 Å². The summed E-state index contributed by atoms with van der Waals surface area (Å²) >= 11 is 0. The molecular weight excluding hydrogens is 1190 g/mol. The Labute approximate surface area is 499 Å². The second-order valence-electron chi connectivity index (χ2n) is 23.5. The van der Waals surface area contributed by atoms with Crippen LogP contribution in [0.25, 0.3) is 45.0 Å². The molecule has 0 saturated carbocycles. The van der Waals surface area contributed by atoms with Crippen LogP contribution in [0.3, 0.4) is 0 Å². The summed E-state index contributed by atoms with van der Waals surface area (Å²) < 4.78 is 136. The number of sulfone groups is 1. The second-order valence-corrected chi connectivity index (χ2v) is 36.6. The molecule has 0 aliphatic heterocycles. The van der Waals surface area contributed by atoms with Gasteiger partial charge in [0.1, 0.15) is 33.3 Å². The van der Waals surface area contributed by atoms with Gasteiger partial charge in [0.25, 0.3) is 0 Å². The zero-order valence-electron chi connectivity index (χ0n) is 50.8. The van der Waals surface area contributed by atoms with Crippen molar-refractivity contribution in [1.29, 1.82) is 0 Å². The molecule has 0 radical (unpaired) electrons. The van der Waals surface area contributed by atoms with Gasteiger partial charge >= 0.3 is 30.3 Å². The molecule has 0 bridgehead atoms. The maximum Gasteiger partial charge on any atom is 0.392 e. The number of pyridine rings is 2. The maximum atomic E-state index is 12.6. The summed E-state index contributed by atoms with van der Waals surface area (Å²) in [5.41, 5.74) is 3.21. The number of hydrogen-bond acceptors (Lipinski definition) is 18. The van der Waals surface area contributed by atoms with Crippen molar-refractivity contribution in [2.24, 2.45) is 10.8 Å². The molecule has 0 saturated heterocycles. The van der Waals surface area contributed by atoms with Crippen molar-refractivity contribution in [3.63, 3.8) is 0 Å². The van der Waals surface area contributed by atoms with E-state index < -0.39 is 75.2 Å². The summed E-state index contributed by atoms with van der Waals surface area (Å²) in [6.45, 7) is 20.4. The topological polar surface area (TPSA) is 240 Å². The number of hydrogen-bond donors (Lipinski definition) is 1. The number of nitrogens with zero attached hydrogens (tertiary/aromatic N) is 8. The number of rotatable bonds is 27. The molecule has 0 aliphatic carbocycles. The molecule has 2 aromatic carbocycles. The van der Waals surface area contributed by atoms with Crippen LogP contribution in [0.4, 0.5) is 26.3 Å². The number of methoxy groups -OCH3 is 2. The minimum Gasteiger partial charge on any atom is -0.476 e. The fourth-order valence-electron chi connectivity index (χ4n) is 6.97. The van der Waals surface area contributed by atoms with Crippen LogP contribution in [0.15, 0.2) is 90.3 Å². The van der Waals surface area contributed by atoms with Crippen molar-refractivity contribution in [3.05, 3.63) is 85.2 Å². The van der Waals surface area contributed by atoms with Gasteiger partial charge in [-0.25, -0.2) is 23.1 Å². The molecule has 0 atom stereocenters. The Bertz CT molecular complexity index is 3190. The van der Waals surface area contributed by atoms with E-state index in [1.54, 1.807) is 52.2 Å². The number of esters is 2. The zero-order valence-corrected chi connectivity index (χ0v) is 53.6. The highest BCUT2D eigenvalue weighted by Gasteiger charge is 2.32. The number of aliphatic hydroxyl groups is 1. The molecule has 4 aromatic heterocycles. The van der Waals surface area contributed by atoms with Gasteiger partial charge in [-0.1, -0.05) is 87.8 Å². The number of carbonyl (C=O) groups is 2. The minimum absolute atomic E-state index is 0.0216. The molecule has 29 heteroatoms. The van der Waals surface area contributed by atoms with E-state index in [0.717, 1.165) is 40.6 Å². The molecule has 20 nitrogen and oxygen atoms in total. The largest absolute Gasteiger partial charge is 0.476 e. The lowest BCUT2D eigenvalue weighted by Crippen LogP contribution is -2.32. The van der Waals surface area contributed by atoms with Crippen LogP contribution in [0, 0.1) is 10.8 Å². The van der Waals surface area contributed by atoms with Gasteiger partial charge in [-0.2, -0.15) is 41.0 Å². The molecule has 4 heterocycles. The Kier molecular flexibility index (Phi) is 26.0. The fraction of sp³-hybridized carbons (Fsp3) is 0.509. The Hall–Kier alpha value is -6.80. The van der Waals surface area contributed by atoms with Crippen LogP contribution in [-0.2, 0) is 51.8 Å². The Morgan fingerprint density at radius 1 is 0.547 bits per heavy atom. The normalized spacial score (nSPS) is 12.3. The van der Waals surface area contributed by atoms with Gasteiger partial charge in [-0.15, -0.1) is 10.2 Å². The maximum absolute atomic E-state index is 12.6. The number of aliphatic hydroxyl groups excluding tert-OH is 1. The van der Waals surface area contributed by atoms with E-state index in [9.17, 15) is 44.3 Å². The third kappa shape index (κ3) is 24.9. The monoisotopic (exact) mass is 1270 g/mol. The Morgan fingerprint density at radius 3 is 1.28 bits per heavy atom. The second kappa shape index (κ2) is 31.2. The first-order valence-corrected chi connectivity index (χ1v) is 36.4. The lowest BCUT2D eigenvalue weighted by Gasteiger charge is -2.21. The number of alkyl halides is 6. The van der Waals surface area contributed by atoms with Gasteiger partial charge in [0.05, 0.1) is 44.5 Å². The first-order valence-electron chi connectivity index (χ1n) is 27.1. The van der Waals surface area contributed by atoms with Crippen molar-refractivity contribution in [3.8, 4) is 62.8 Å². The first-order chi connectivity index (χ1) is 39.9. The standard InChI is InChI=1S/C28H37F3N4O5Si.C26H36N4O6SSi.C3H5F3O/c1-27(2,25(36)37-3)18-40-23-12-11-22(17-32-23)20-7-9-21(10-8-20)24-33-26(39-14-13-28(29,30)31)35(34-24)19-38-15-16-41(4,5)6;1-26(2,24(31)34-3)17-36-22-13-12-21(16-27-22)19-8-10-20(11-9-19)23-28-25(37(4,32)33)30(29-23)18-35-14-15-38(5,6)7;4-3(5,6)1-2-7/h7-12,17H,13-16,18-19H2,1-6H3;8-13,16H,14-15,17-18H2,1-7H3;7H,1-2H2. The SMILES string of the molecule is COC(=O)C(C)(C)COc1ccc(-c2ccc(-c3nc(OCCC(F)(F)F)n(COCC[Si](C)(C)C)n3)cc2)cn1.COC(=O)C(C)(C)COc1ccc(-c2ccc(-c3nc(S(C)(=O)=O)n(COCC[Si](C)(C)C)n3)cc2)cn1.OCCC(F)(F)F. The summed E-state index contributed by atoms with van der Waals surface area (Å²) in [6.07, 6.45) is -6.28. The summed E-state index contributed by atoms with van der Waals surface area (Å²) in [4.78, 5) is 40.9. The molecule has 0 unspecified atom stereocenters. The molecule has 6 aromatic rings. The summed E-state index contributed by atoms with van der Waals surface area (Å²) in [5.74, 6) is 0.665. The Morgan fingerprint density at radius 2 is 0.930 bits per heavy atom. The molecule has 1 N–H and O–H groups in total. The third-order valence-electron chi connectivity index (χ3n) is 12.1. The van der Waals surface area contributed by atoms with Crippen molar-refractivity contribution in [2.75, 3.05) is 60.1 Å². The predicted molar refractivity (Wildman–Crippen MR) is 315 cm³/mol. The van der Waals surface area contributed by atoms with E-state index in [0.29, 0.717) is 47.7 Å². The average molecular weight is 1270 g/mol. The van der Waals surface area contributed by atoms with E-state index in [1.165, 1.54) is 23.6 Å². The molecule has 0 aliphatic rings. The molecular formula is C57H78F6N8O12SSi2.